The molecule has 0 atom stereocenters. The standard InChI is InChI=1S/C39H30BN3O3S/c1-38(2)39(3,4)46-40(45-38)29-20-11-17-26-32-27(18-12-21-30(32)44-33(26)29)36-41-35(23-13-6-5-7-14-23)42-37(43-36)28-19-10-16-25-24-15-8-9-22-31(24)47-34(25)28/h5-22H,1-4H3. The van der Waals surface area contributed by atoms with Gasteiger partial charge in [-0.25, -0.2) is 15.0 Å². The van der Waals surface area contributed by atoms with Gasteiger partial charge in [0.25, 0.3) is 0 Å². The van der Waals surface area contributed by atoms with Crippen molar-refractivity contribution >= 4 is 66.0 Å². The number of rotatable bonds is 4. The fourth-order valence-corrected chi connectivity index (χ4v) is 7.68. The molecule has 6 nitrogen and oxygen atoms in total. The molecule has 47 heavy (non-hydrogen) atoms. The summed E-state index contributed by atoms with van der Waals surface area (Å²) in [7, 11) is -0.553. The van der Waals surface area contributed by atoms with Crippen LogP contribution in [0.15, 0.2) is 114 Å². The number of para-hydroxylation sites is 1. The molecule has 228 valence electrons. The molecule has 0 radical (unpaired) electrons. The zero-order chi connectivity index (χ0) is 31.9. The number of fused-ring (bicyclic) bond motifs is 6. The van der Waals surface area contributed by atoms with Gasteiger partial charge >= 0.3 is 7.12 Å². The average Bonchev–Trinajstić information content (AvgIpc) is 3.73. The fraction of sp³-hybridized carbons (Fsp3) is 0.154. The van der Waals surface area contributed by atoms with Gasteiger partial charge in [-0.1, -0.05) is 91.0 Å². The van der Waals surface area contributed by atoms with Crippen LogP contribution in [0, 0.1) is 0 Å². The van der Waals surface area contributed by atoms with Gasteiger partial charge in [0.2, 0.25) is 0 Å². The average molecular weight is 632 g/mol. The number of thiophene rings is 1. The summed E-state index contributed by atoms with van der Waals surface area (Å²) in [4.78, 5) is 15.3. The van der Waals surface area contributed by atoms with Gasteiger partial charge < -0.3 is 13.7 Å². The highest BCUT2D eigenvalue weighted by molar-refractivity contribution is 7.26. The molecular weight excluding hydrogens is 601 g/mol. The minimum absolute atomic E-state index is 0.469. The maximum atomic E-state index is 6.59. The van der Waals surface area contributed by atoms with Gasteiger partial charge in [0.1, 0.15) is 11.2 Å². The van der Waals surface area contributed by atoms with Crippen molar-refractivity contribution in [3.63, 3.8) is 0 Å². The van der Waals surface area contributed by atoms with Gasteiger partial charge in [-0.15, -0.1) is 11.3 Å². The summed E-state index contributed by atoms with van der Waals surface area (Å²) in [6.45, 7) is 8.25. The van der Waals surface area contributed by atoms with Crippen molar-refractivity contribution in [2.75, 3.05) is 0 Å². The summed E-state index contributed by atoms with van der Waals surface area (Å²) in [6, 6.07) is 37.1. The molecule has 0 unspecified atom stereocenters. The molecule has 1 aliphatic rings. The third-order valence-corrected chi connectivity index (χ3v) is 10.8. The Bertz CT molecular complexity index is 2490. The second-order valence-corrected chi connectivity index (χ2v) is 14.1. The van der Waals surface area contributed by atoms with Crippen molar-refractivity contribution in [3.8, 4) is 34.2 Å². The van der Waals surface area contributed by atoms with Crippen molar-refractivity contribution < 1.29 is 13.7 Å². The van der Waals surface area contributed by atoms with E-state index >= 15 is 0 Å². The van der Waals surface area contributed by atoms with Crippen molar-refractivity contribution in [2.24, 2.45) is 0 Å². The summed E-state index contributed by atoms with van der Waals surface area (Å²) < 4.78 is 21.9. The SMILES string of the molecule is CC1(C)OB(c2cccc3c2oc2cccc(-c4nc(-c5ccccc5)nc(-c5cccc6c5sc5ccccc56)n4)c23)OC1(C)C. The van der Waals surface area contributed by atoms with Crippen LogP contribution >= 0.6 is 11.3 Å². The normalized spacial score (nSPS) is 15.8. The van der Waals surface area contributed by atoms with Gasteiger partial charge in [0.15, 0.2) is 17.5 Å². The van der Waals surface area contributed by atoms with Crippen LogP contribution in [0.25, 0.3) is 76.3 Å². The largest absolute Gasteiger partial charge is 0.498 e. The molecule has 8 heteroatoms. The lowest BCUT2D eigenvalue weighted by molar-refractivity contribution is 0.00578. The summed E-state index contributed by atoms with van der Waals surface area (Å²) in [6.07, 6.45) is 0. The molecule has 5 aromatic carbocycles. The van der Waals surface area contributed by atoms with E-state index in [0.717, 1.165) is 48.8 Å². The molecule has 0 N–H and O–H groups in total. The zero-order valence-electron chi connectivity index (χ0n) is 26.4. The number of benzene rings is 5. The van der Waals surface area contributed by atoms with Crippen LogP contribution in [-0.2, 0) is 9.31 Å². The van der Waals surface area contributed by atoms with E-state index in [1.807, 2.05) is 54.6 Å². The number of nitrogens with zero attached hydrogens (tertiary/aromatic N) is 3. The lowest BCUT2D eigenvalue weighted by Crippen LogP contribution is -2.41. The first-order valence-electron chi connectivity index (χ1n) is 15.8. The highest BCUT2D eigenvalue weighted by Crippen LogP contribution is 2.42. The number of hydrogen-bond acceptors (Lipinski definition) is 7. The van der Waals surface area contributed by atoms with Crippen LogP contribution in [0.5, 0.6) is 0 Å². The van der Waals surface area contributed by atoms with Crippen LogP contribution in [0.1, 0.15) is 27.7 Å². The Balaban J connectivity index is 1.27. The zero-order valence-corrected chi connectivity index (χ0v) is 27.3. The van der Waals surface area contributed by atoms with E-state index < -0.39 is 18.3 Å². The van der Waals surface area contributed by atoms with E-state index in [4.69, 9.17) is 28.7 Å². The van der Waals surface area contributed by atoms with Crippen LogP contribution < -0.4 is 5.46 Å². The predicted octanol–water partition coefficient (Wildman–Crippen LogP) is 9.44. The molecule has 9 rings (SSSR count). The van der Waals surface area contributed by atoms with Crippen molar-refractivity contribution in [2.45, 2.75) is 38.9 Å². The smallest absolute Gasteiger partial charge is 0.456 e. The van der Waals surface area contributed by atoms with Crippen molar-refractivity contribution in [1.82, 2.24) is 15.0 Å². The monoisotopic (exact) mass is 631 g/mol. The summed E-state index contributed by atoms with van der Waals surface area (Å²) in [5.41, 5.74) is 4.19. The van der Waals surface area contributed by atoms with Gasteiger partial charge in [-0.05, 0) is 45.9 Å². The Kier molecular flexibility index (Phi) is 6.22. The second-order valence-electron chi connectivity index (χ2n) is 13.0. The first-order valence-corrected chi connectivity index (χ1v) is 16.6. The predicted molar refractivity (Wildman–Crippen MR) is 192 cm³/mol. The molecule has 0 bridgehead atoms. The van der Waals surface area contributed by atoms with E-state index in [0.29, 0.717) is 17.5 Å². The number of aromatic nitrogens is 3. The molecule has 0 saturated carbocycles. The molecule has 0 aliphatic carbocycles. The molecule has 4 heterocycles. The molecule has 1 saturated heterocycles. The van der Waals surface area contributed by atoms with Gasteiger partial charge in [-0.2, -0.15) is 0 Å². The molecule has 1 aliphatic heterocycles. The first-order chi connectivity index (χ1) is 22.8. The van der Waals surface area contributed by atoms with E-state index in [2.05, 4.69) is 82.3 Å². The van der Waals surface area contributed by atoms with Crippen LogP contribution in [0.2, 0.25) is 0 Å². The number of furan rings is 1. The topological polar surface area (TPSA) is 70.3 Å². The Labute approximate surface area is 276 Å². The Morgan fingerprint density at radius 2 is 1.19 bits per heavy atom. The van der Waals surface area contributed by atoms with Gasteiger partial charge in [-0.3, -0.25) is 0 Å². The van der Waals surface area contributed by atoms with Crippen LogP contribution in [0.4, 0.5) is 0 Å². The minimum atomic E-state index is -0.553. The fourth-order valence-electron chi connectivity index (χ4n) is 6.47. The molecule has 0 spiro atoms. The third-order valence-electron chi connectivity index (χ3n) is 9.61. The van der Waals surface area contributed by atoms with Crippen molar-refractivity contribution in [1.29, 1.82) is 0 Å². The molecular formula is C39H30BN3O3S. The first kappa shape index (κ1) is 28.3. The van der Waals surface area contributed by atoms with E-state index in [-0.39, 0.29) is 0 Å². The number of hydrogen-bond donors (Lipinski definition) is 0. The highest BCUT2D eigenvalue weighted by Gasteiger charge is 2.52. The lowest BCUT2D eigenvalue weighted by Gasteiger charge is -2.32. The van der Waals surface area contributed by atoms with Gasteiger partial charge in [0.05, 0.1) is 11.2 Å². The summed E-state index contributed by atoms with van der Waals surface area (Å²) >= 11 is 1.77. The Hall–Kier alpha value is -4.89. The highest BCUT2D eigenvalue weighted by atomic mass is 32.1. The Morgan fingerprint density at radius 1 is 0.574 bits per heavy atom. The van der Waals surface area contributed by atoms with E-state index in [1.54, 1.807) is 11.3 Å². The van der Waals surface area contributed by atoms with E-state index in [1.165, 1.54) is 15.5 Å². The van der Waals surface area contributed by atoms with Crippen LogP contribution in [0.3, 0.4) is 0 Å². The summed E-state index contributed by atoms with van der Waals surface area (Å²) in [5, 5.41) is 4.33. The summed E-state index contributed by atoms with van der Waals surface area (Å²) in [5.74, 6) is 1.83. The second kappa shape index (κ2) is 10.3. The lowest BCUT2D eigenvalue weighted by atomic mass is 9.78. The quantitative estimate of drug-likeness (QED) is 0.180. The maximum Gasteiger partial charge on any atom is 0.498 e. The molecule has 1 fully saturated rings. The molecule has 0 amide bonds. The van der Waals surface area contributed by atoms with E-state index in [9.17, 15) is 0 Å². The third kappa shape index (κ3) is 4.43. The van der Waals surface area contributed by atoms with Crippen LogP contribution in [-0.4, -0.2) is 33.3 Å². The molecule has 3 aromatic heterocycles. The van der Waals surface area contributed by atoms with Crippen molar-refractivity contribution in [3.05, 3.63) is 109 Å². The molecule has 8 aromatic rings. The minimum Gasteiger partial charge on any atom is -0.456 e. The maximum absolute atomic E-state index is 6.59. The Morgan fingerprint density at radius 3 is 2.00 bits per heavy atom. The van der Waals surface area contributed by atoms with Gasteiger partial charge in [0, 0.05) is 53.1 Å².